The predicted octanol–water partition coefficient (Wildman–Crippen LogP) is 2.26. The lowest BCUT2D eigenvalue weighted by Gasteiger charge is -2.10. The standard InChI is InChI=1S/C18H16N6/c19-14-7-6-12(10-15(14)20)11-18-22-21-17-9-8-16(23-24(17)18)13-4-2-1-3-5-13/h1-9,11H,10,19-20H2. The van der Waals surface area contributed by atoms with E-state index in [4.69, 9.17) is 11.5 Å². The Morgan fingerprint density at radius 1 is 0.958 bits per heavy atom. The van der Waals surface area contributed by atoms with E-state index in [1.165, 1.54) is 0 Å². The van der Waals surface area contributed by atoms with Gasteiger partial charge in [0.05, 0.1) is 11.4 Å². The van der Waals surface area contributed by atoms with Crippen LogP contribution in [0.25, 0.3) is 23.0 Å². The number of hydrogen-bond acceptors (Lipinski definition) is 5. The molecule has 0 amide bonds. The molecule has 1 aliphatic rings. The Balaban J connectivity index is 1.76. The zero-order chi connectivity index (χ0) is 16.5. The fraction of sp³-hybridized carbons (Fsp3) is 0.0556. The molecule has 0 bridgehead atoms. The lowest BCUT2D eigenvalue weighted by molar-refractivity contribution is 0.915. The summed E-state index contributed by atoms with van der Waals surface area (Å²) in [5, 5.41) is 13.0. The molecule has 0 aliphatic heterocycles. The highest BCUT2D eigenvalue weighted by molar-refractivity contribution is 5.61. The van der Waals surface area contributed by atoms with Gasteiger partial charge in [-0.25, -0.2) is 0 Å². The van der Waals surface area contributed by atoms with Crippen molar-refractivity contribution in [2.75, 3.05) is 0 Å². The quantitative estimate of drug-likeness (QED) is 0.756. The van der Waals surface area contributed by atoms with E-state index in [9.17, 15) is 0 Å². The monoisotopic (exact) mass is 316 g/mol. The van der Waals surface area contributed by atoms with E-state index in [0.717, 1.165) is 16.8 Å². The van der Waals surface area contributed by atoms with Gasteiger partial charge in [0.2, 0.25) is 0 Å². The maximum absolute atomic E-state index is 5.91. The third kappa shape index (κ3) is 2.54. The Bertz CT molecular complexity index is 995. The highest BCUT2D eigenvalue weighted by atomic mass is 15.4. The van der Waals surface area contributed by atoms with Crippen molar-refractivity contribution in [1.82, 2.24) is 19.8 Å². The minimum atomic E-state index is 0.593. The molecule has 0 spiro atoms. The Labute approximate surface area is 138 Å². The van der Waals surface area contributed by atoms with Gasteiger partial charge in [-0.1, -0.05) is 36.4 Å². The summed E-state index contributed by atoms with van der Waals surface area (Å²) in [4.78, 5) is 0. The average Bonchev–Trinajstić information content (AvgIpc) is 3.01. The van der Waals surface area contributed by atoms with Gasteiger partial charge < -0.3 is 11.5 Å². The molecule has 1 aliphatic carbocycles. The van der Waals surface area contributed by atoms with Gasteiger partial charge in [-0.05, 0) is 29.9 Å². The number of nitrogens with two attached hydrogens (primary N) is 2. The zero-order valence-corrected chi connectivity index (χ0v) is 12.9. The maximum Gasteiger partial charge on any atom is 0.178 e. The highest BCUT2D eigenvalue weighted by Crippen LogP contribution is 2.21. The molecule has 0 atom stereocenters. The molecule has 0 saturated carbocycles. The van der Waals surface area contributed by atoms with E-state index in [-0.39, 0.29) is 0 Å². The van der Waals surface area contributed by atoms with Crippen molar-refractivity contribution < 1.29 is 0 Å². The Morgan fingerprint density at radius 2 is 1.79 bits per heavy atom. The van der Waals surface area contributed by atoms with Crippen molar-refractivity contribution in [2.24, 2.45) is 11.5 Å². The summed E-state index contributed by atoms with van der Waals surface area (Å²) in [5.74, 6) is 0.663. The lowest BCUT2D eigenvalue weighted by atomic mass is 10.0. The Morgan fingerprint density at radius 3 is 2.58 bits per heavy atom. The van der Waals surface area contributed by atoms with Crippen LogP contribution in [-0.2, 0) is 0 Å². The molecule has 6 heteroatoms. The van der Waals surface area contributed by atoms with Crippen LogP contribution in [0.3, 0.4) is 0 Å². The summed E-state index contributed by atoms with van der Waals surface area (Å²) in [7, 11) is 0. The topological polar surface area (TPSA) is 95.1 Å². The minimum Gasteiger partial charge on any atom is -0.400 e. The second kappa shape index (κ2) is 5.66. The zero-order valence-electron chi connectivity index (χ0n) is 12.9. The van der Waals surface area contributed by atoms with Crippen LogP contribution < -0.4 is 11.5 Å². The minimum absolute atomic E-state index is 0.593. The van der Waals surface area contributed by atoms with Crippen molar-refractivity contribution in [1.29, 1.82) is 0 Å². The molecular weight excluding hydrogens is 300 g/mol. The number of aromatic nitrogens is 4. The van der Waals surface area contributed by atoms with Gasteiger partial charge in [0, 0.05) is 17.7 Å². The summed E-state index contributed by atoms with van der Waals surface area (Å²) < 4.78 is 1.74. The molecule has 2 aromatic heterocycles. The summed E-state index contributed by atoms with van der Waals surface area (Å²) in [6.07, 6.45) is 6.26. The van der Waals surface area contributed by atoms with Crippen molar-refractivity contribution in [2.45, 2.75) is 6.42 Å². The Kier molecular flexibility index (Phi) is 3.35. The fourth-order valence-corrected chi connectivity index (χ4v) is 2.61. The summed E-state index contributed by atoms with van der Waals surface area (Å²) in [5.41, 5.74) is 16.6. The Hall–Kier alpha value is -3.41. The van der Waals surface area contributed by atoms with Gasteiger partial charge in [-0.15, -0.1) is 10.2 Å². The van der Waals surface area contributed by atoms with E-state index in [1.807, 2.05) is 54.6 Å². The molecule has 1 aromatic carbocycles. The molecule has 4 rings (SSSR count). The van der Waals surface area contributed by atoms with Crippen LogP contribution in [0, 0.1) is 0 Å². The third-order valence-electron chi connectivity index (χ3n) is 3.91. The van der Waals surface area contributed by atoms with E-state index < -0.39 is 0 Å². The number of fused-ring (bicyclic) bond motifs is 1. The molecule has 24 heavy (non-hydrogen) atoms. The molecule has 6 nitrogen and oxygen atoms in total. The molecular formula is C18H16N6. The van der Waals surface area contributed by atoms with Crippen molar-refractivity contribution >= 4 is 11.7 Å². The van der Waals surface area contributed by atoms with Crippen LogP contribution in [0.2, 0.25) is 0 Å². The summed E-state index contributed by atoms with van der Waals surface area (Å²) >= 11 is 0. The lowest BCUT2D eigenvalue weighted by Crippen LogP contribution is -2.11. The van der Waals surface area contributed by atoms with Gasteiger partial charge in [-0.3, -0.25) is 0 Å². The number of benzene rings is 1. The highest BCUT2D eigenvalue weighted by Gasteiger charge is 2.10. The summed E-state index contributed by atoms with van der Waals surface area (Å²) in [6, 6.07) is 13.9. The molecule has 118 valence electrons. The van der Waals surface area contributed by atoms with E-state index in [1.54, 1.807) is 10.6 Å². The first-order valence-corrected chi connectivity index (χ1v) is 7.61. The van der Waals surface area contributed by atoms with Crippen LogP contribution in [0.1, 0.15) is 12.2 Å². The van der Waals surface area contributed by atoms with Crippen LogP contribution >= 0.6 is 0 Å². The molecule has 0 unspecified atom stereocenters. The van der Waals surface area contributed by atoms with Gasteiger partial charge in [0.1, 0.15) is 0 Å². The SMILES string of the molecule is NC1=C(N)CC(=Cc2nnc3ccc(-c4ccccc4)nn23)C=C1. The van der Waals surface area contributed by atoms with Crippen molar-refractivity contribution in [3.63, 3.8) is 0 Å². The normalized spacial score (nSPS) is 16.2. The van der Waals surface area contributed by atoms with Crippen LogP contribution in [0.15, 0.2) is 71.6 Å². The van der Waals surface area contributed by atoms with E-state index in [2.05, 4.69) is 15.3 Å². The molecule has 0 fully saturated rings. The number of hydrogen-bond donors (Lipinski definition) is 2. The number of nitrogens with zero attached hydrogens (tertiary/aromatic N) is 4. The second-order valence-corrected chi connectivity index (χ2v) is 5.62. The molecule has 0 saturated heterocycles. The average molecular weight is 316 g/mol. The molecule has 3 aromatic rings. The first-order chi connectivity index (χ1) is 11.7. The van der Waals surface area contributed by atoms with Crippen LogP contribution in [0.4, 0.5) is 0 Å². The predicted molar refractivity (Wildman–Crippen MR) is 93.4 cm³/mol. The van der Waals surface area contributed by atoms with Crippen LogP contribution in [-0.4, -0.2) is 19.8 Å². The first-order valence-electron chi connectivity index (χ1n) is 7.61. The largest absolute Gasteiger partial charge is 0.400 e. The fourth-order valence-electron chi connectivity index (χ4n) is 2.61. The molecule has 0 radical (unpaired) electrons. The number of rotatable bonds is 2. The van der Waals surface area contributed by atoms with E-state index in [0.29, 0.717) is 29.3 Å². The van der Waals surface area contributed by atoms with Gasteiger partial charge in [-0.2, -0.15) is 9.61 Å². The smallest absolute Gasteiger partial charge is 0.178 e. The van der Waals surface area contributed by atoms with Gasteiger partial charge in [0.25, 0.3) is 0 Å². The van der Waals surface area contributed by atoms with Crippen LogP contribution in [0.5, 0.6) is 0 Å². The van der Waals surface area contributed by atoms with Crippen molar-refractivity contribution in [3.8, 4) is 11.3 Å². The molecule has 4 N–H and O–H groups in total. The number of allylic oxidation sites excluding steroid dienone is 3. The van der Waals surface area contributed by atoms with Gasteiger partial charge in [0.15, 0.2) is 11.5 Å². The third-order valence-corrected chi connectivity index (χ3v) is 3.91. The van der Waals surface area contributed by atoms with E-state index >= 15 is 0 Å². The van der Waals surface area contributed by atoms with Gasteiger partial charge >= 0.3 is 0 Å². The molecule has 2 heterocycles. The maximum atomic E-state index is 5.91. The van der Waals surface area contributed by atoms with Crippen molar-refractivity contribution in [3.05, 3.63) is 77.4 Å². The summed E-state index contributed by atoms with van der Waals surface area (Å²) in [6.45, 7) is 0. The first kappa shape index (κ1) is 14.2. The second-order valence-electron chi connectivity index (χ2n) is 5.62.